The minimum Gasteiger partial charge on any atom is -0.370 e. The molecule has 2 aromatic rings. The molecular weight excluding hydrogens is 461 g/mol. The highest BCUT2D eigenvalue weighted by Crippen LogP contribution is 2.50. The van der Waals surface area contributed by atoms with Gasteiger partial charge in [-0.25, -0.2) is 14.4 Å². The van der Waals surface area contributed by atoms with Crippen LogP contribution in [0.1, 0.15) is 36.9 Å². The Labute approximate surface area is 201 Å². The van der Waals surface area contributed by atoms with Crippen molar-refractivity contribution in [2.45, 2.75) is 49.4 Å². The summed E-state index contributed by atoms with van der Waals surface area (Å²) in [6.45, 7) is -0.167. The number of hydrogen-bond donors (Lipinski definition) is 2. The Bertz CT molecular complexity index is 1140. The zero-order valence-corrected chi connectivity index (χ0v) is 19.0. The molecule has 1 aliphatic heterocycles. The van der Waals surface area contributed by atoms with Gasteiger partial charge in [0.1, 0.15) is 24.2 Å². The van der Waals surface area contributed by atoms with E-state index in [4.69, 9.17) is 17.3 Å². The number of nitrogens with zero attached hydrogens (tertiary/aromatic N) is 3. The van der Waals surface area contributed by atoms with E-state index in [0.717, 1.165) is 5.56 Å². The second-order valence-corrected chi connectivity index (χ2v) is 8.93. The van der Waals surface area contributed by atoms with Gasteiger partial charge in [-0.2, -0.15) is 0 Å². The topological polar surface area (TPSA) is 118 Å². The van der Waals surface area contributed by atoms with Crippen LogP contribution in [0, 0.1) is 11.8 Å². The van der Waals surface area contributed by atoms with Gasteiger partial charge in [0.2, 0.25) is 17.7 Å². The van der Waals surface area contributed by atoms with Gasteiger partial charge in [0.25, 0.3) is 0 Å². The summed E-state index contributed by atoms with van der Waals surface area (Å²) in [6.07, 6.45) is 2.37. The van der Waals surface area contributed by atoms with Crippen LogP contribution in [0.3, 0.4) is 0 Å². The van der Waals surface area contributed by atoms with Crippen LogP contribution in [0.2, 0.25) is 5.02 Å². The average molecular weight is 484 g/mol. The zero-order chi connectivity index (χ0) is 24.3. The van der Waals surface area contributed by atoms with E-state index in [9.17, 15) is 18.8 Å². The number of aromatic nitrogens is 2. The number of carbonyl (C=O) groups is 3. The second-order valence-electron chi connectivity index (χ2n) is 8.49. The summed E-state index contributed by atoms with van der Waals surface area (Å²) < 4.78 is 14.4. The summed E-state index contributed by atoms with van der Waals surface area (Å²) in [5.74, 6) is 4.00. The van der Waals surface area contributed by atoms with Gasteiger partial charge in [-0.15, -0.1) is 0 Å². The van der Waals surface area contributed by atoms with Crippen LogP contribution in [0.25, 0.3) is 0 Å². The summed E-state index contributed by atoms with van der Waals surface area (Å²) >= 11 is 5.97. The number of halogens is 2. The highest BCUT2D eigenvalue weighted by atomic mass is 35.5. The molecule has 1 aromatic heterocycles. The third-order valence-corrected chi connectivity index (χ3v) is 6.30. The molecule has 3 N–H and O–H groups in total. The third-order valence-electron chi connectivity index (χ3n) is 6.05. The molecule has 10 heteroatoms. The molecule has 2 aliphatic rings. The normalized spacial score (nSPS) is 21.2. The van der Waals surface area contributed by atoms with Crippen LogP contribution in [0.15, 0.2) is 42.9 Å². The number of rotatable bonds is 6. The van der Waals surface area contributed by atoms with Gasteiger partial charge in [-0.3, -0.25) is 14.4 Å². The molecule has 8 nitrogen and oxygen atoms in total. The van der Waals surface area contributed by atoms with E-state index in [1.54, 1.807) is 30.3 Å². The number of carbonyl (C=O) groups excluding carboxylic acids is 3. The summed E-state index contributed by atoms with van der Waals surface area (Å²) in [4.78, 5) is 47.2. The zero-order valence-electron chi connectivity index (χ0n) is 18.2. The molecule has 2 heterocycles. The van der Waals surface area contributed by atoms with Gasteiger partial charge in [0.05, 0.1) is 24.4 Å². The summed E-state index contributed by atoms with van der Waals surface area (Å²) in [5, 5.41) is 3.20. The number of amides is 3. The molecule has 3 atom stereocenters. The van der Waals surface area contributed by atoms with Crippen LogP contribution in [-0.4, -0.2) is 57.4 Å². The fourth-order valence-electron chi connectivity index (χ4n) is 4.19. The first kappa shape index (κ1) is 23.6. The number of hydrogen-bond acceptors (Lipinski definition) is 5. The third kappa shape index (κ3) is 5.18. The highest BCUT2D eigenvalue weighted by Gasteiger charge is 2.56. The quantitative estimate of drug-likeness (QED) is 0.604. The fraction of sp³-hybridized carbons (Fsp3) is 0.375. The van der Waals surface area contributed by atoms with Crippen LogP contribution in [0.5, 0.6) is 0 Å². The number of nitrogens with two attached hydrogens (primary N) is 1. The van der Waals surface area contributed by atoms with E-state index in [1.165, 1.54) is 17.4 Å². The molecule has 3 amide bonds. The maximum absolute atomic E-state index is 14.4. The van der Waals surface area contributed by atoms with Crippen molar-refractivity contribution in [2.75, 3.05) is 6.54 Å². The number of alkyl halides is 1. The Balaban J connectivity index is 1.51. The van der Waals surface area contributed by atoms with Crippen molar-refractivity contribution in [1.82, 2.24) is 20.2 Å². The van der Waals surface area contributed by atoms with Crippen LogP contribution >= 0.6 is 11.6 Å². The Hall–Kier alpha value is -3.51. The standard InChI is InChI=1S/C24H23ClFN5O3/c25-16-3-1-15(2-4-16)24(8-9-24)23(34)31-13-17(26)11-20(31)22(33)30-19(12-21(27)32)6-5-18-7-10-28-14-29-18/h1-4,7,10,14,17,19-20H,8-9,11-13H2,(H2,27,32)(H,30,33)/t17?,19-,20+/m1/s1. The second kappa shape index (κ2) is 9.77. The first-order valence-corrected chi connectivity index (χ1v) is 11.2. The minimum absolute atomic E-state index is 0.128. The first-order chi connectivity index (χ1) is 16.3. The number of likely N-dealkylation sites (tertiary alicyclic amines) is 1. The average Bonchev–Trinajstić information content (AvgIpc) is 3.53. The van der Waals surface area contributed by atoms with Crippen molar-refractivity contribution in [2.24, 2.45) is 5.73 Å². The molecule has 0 bridgehead atoms. The molecule has 34 heavy (non-hydrogen) atoms. The molecule has 2 fully saturated rings. The predicted octanol–water partition coefficient (Wildman–Crippen LogP) is 1.51. The van der Waals surface area contributed by atoms with Crippen molar-refractivity contribution >= 4 is 29.3 Å². The Morgan fingerprint density at radius 3 is 2.62 bits per heavy atom. The van der Waals surface area contributed by atoms with Gasteiger partial charge in [-0.05, 0) is 42.5 Å². The fourth-order valence-corrected chi connectivity index (χ4v) is 4.31. The molecule has 1 aromatic carbocycles. The lowest BCUT2D eigenvalue weighted by Gasteiger charge is -2.29. The van der Waals surface area contributed by atoms with Crippen LogP contribution in [0.4, 0.5) is 4.39 Å². The molecule has 1 aliphatic carbocycles. The lowest BCUT2D eigenvalue weighted by Crippen LogP contribution is -2.51. The number of nitrogens with one attached hydrogen (secondary N) is 1. The van der Waals surface area contributed by atoms with Crippen molar-refractivity contribution in [3.05, 3.63) is 59.1 Å². The Morgan fingerprint density at radius 2 is 2.00 bits per heavy atom. The molecule has 1 saturated carbocycles. The van der Waals surface area contributed by atoms with Gasteiger partial charge < -0.3 is 16.0 Å². The highest BCUT2D eigenvalue weighted by molar-refractivity contribution is 6.30. The summed E-state index contributed by atoms with van der Waals surface area (Å²) in [6, 6.07) is 6.65. The van der Waals surface area contributed by atoms with E-state index < -0.39 is 35.5 Å². The maximum Gasteiger partial charge on any atom is 0.243 e. The molecule has 0 radical (unpaired) electrons. The molecule has 4 rings (SSSR count). The number of benzene rings is 1. The van der Waals surface area contributed by atoms with Crippen LogP contribution < -0.4 is 11.1 Å². The van der Waals surface area contributed by atoms with Gasteiger partial charge in [0, 0.05) is 17.6 Å². The lowest BCUT2D eigenvalue weighted by molar-refractivity contribution is -0.140. The van der Waals surface area contributed by atoms with Gasteiger partial charge >= 0.3 is 0 Å². The molecule has 0 spiro atoms. The van der Waals surface area contributed by atoms with E-state index in [-0.39, 0.29) is 25.3 Å². The monoisotopic (exact) mass is 483 g/mol. The SMILES string of the molecule is NC(=O)C[C@@H](C#Cc1ccncn1)NC(=O)[C@@H]1CC(F)CN1C(=O)C1(c2ccc(Cl)cc2)CC1. The van der Waals surface area contributed by atoms with Crippen molar-refractivity contribution < 1.29 is 18.8 Å². The van der Waals surface area contributed by atoms with E-state index in [2.05, 4.69) is 27.1 Å². The summed E-state index contributed by atoms with van der Waals surface area (Å²) in [7, 11) is 0. The van der Waals surface area contributed by atoms with Crippen molar-refractivity contribution in [3.8, 4) is 11.8 Å². The smallest absolute Gasteiger partial charge is 0.243 e. The lowest BCUT2D eigenvalue weighted by atomic mass is 9.94. The molecular formula is C24H23ClFN5O3. The minimum atomic E-state index is -1.33. The molecule has 1 unspecified atom stereocenters. The number of primary amides is 1. The predicted molar refractivity (Wildman–Crippen MR) is 122 cm³/mol. The van der Waals surface area contributed by atoms with Crippen molar-refractivity contribution in [1.29, 1.82) is 0 Å². The van der Waals surface area contributed by atoms with E-state index >= 15 is 0 Å². The van der Waals surface area contributed by atoms with Gasteiger partial charge in [-0.1, -0.05) is 29.7 Å². The molecule has 1 saturated heterocycles. The first-order valence-electron chi connectivity index (χ1n) is 10.9. The largest absolute Gasteiger partial charge is 0.370 e. The van der Waals surface area contributed by atoms with E-state index in [0.29, 0.717) is 23.6 Å². The summed E-state index contributed by atoms with van der Waals surface area (Å²) in [5.41, 5.74) is 5.74. The Morgan fingerprint density at radius 1 is 1.26 bits per heavy atom. The van der Waals surface area contributed by atoms with Crippen molar-refractivity contribution in [3.63, 3.8) is 0 Å². The Kier molecular flexibility index (Phi) is 6.80. The van der Waals surface area contributed by atoms with Crippen LogP contribution in [-0.2, 0) is 19.8 Å². The maximum atomic E-state index is 14.4. The van der Waals surface area contributed by atoms with Gasteiger partial charge in [0.15, 0.2) is 0 Å². The molecule has 176 valence electrons. The van der Waals surface area contributed by atoms with E-state index in [1.807, 2.05) is 0 Å².